The highest BCUT2D eigenvalue weighted by Gasteiger charge is 2.45. The Labute approximate surface area is 215 Å². The number of hydrogen-bond acceptors (Lipinski definition) is 8. The molecule has 202 valence electrons. The van der Waals surface area contributed by atoms with Crippen LogP contribution in [0, 0.1) is 0 Å². The first-order valence-corrected chi connectivity index (χ1v) is 17.1. The average Bonchev–Trinajstić information content (AvgIpc) is 2.81. The minimum absolute atomic E-state index is 0.319. The smallest absolute Gasteiger partial charge is 0.247 e. The Morgan fingerprint density at radius 1 is 0.824 bits per heavy atom. The fourth-order valence-corrected chi connectivity index (χ4v) is 7.71. The van der Waals surface area contributed by atoms with Crippen molar-refractivity contribution >= 4 is 28.9 Å². The second kappa shape index (κ2) is 19.6. The van der Waals surface area contributed by atoms with E-state index in [0.717, 1.165) is 37.1 Å². The van der Waals surface area contributed by atoms with Crippen LogP contribution in [0.25, 0.3) is 0 Å². The molecule has 1 saturated heterocycles. The van der Waals surface area contributed by atoms with E-state index < -0.39 is 42.2 Å². The summed E-state index contributed by atoms with van der Waals surface area (Å²) >= 11 is 5.88. The van der Waals surface area contributed by atoms with E-state index in [2.05, 4.69) is 19.1 Å². The van der Waals surface area contributed by atoms with E-state index in [9.17, 15) is 25.3 Å². The lowest BCUT2D eigenvalue weighted by Crippen LogP contribution is -2.57. The topological polar surface area (TPSA) is 120 Å². The van der Waals surface area contributed by atoms with E-state index >= 15 is 0 Å². The monoisotopic (exact) mass is 542 g/mol. The first-order chi connectivity index (χ1) is 16.3. The third-order valence-corrected chi connectivity index (χ3v) is 10.2. The molecular weight excluding hydrogens is 495 g/mol. The van der Waals surface area contributed by atoms with Gasteiger partial charge in [-0.15, -0.1) is 0 Å². The number of ether oxygens (including phenoxy) is 1. The molecule has 0 aliphatic carbocycles. The summed E-state index contributed by atoms with van der Waals surface area (Å²) in [5.74, 6) is 0. The van der Waals surface area contributed by atoms with Crippen LogP contribution in [-0.2, 0) is 21.1 Å². The summed E-state index contributed by atoms with van der Waals surface area (Å²) in [7, 11) is 0. The number of unbranched alkanes of at least 4 members (excludes halogenated alkanes) is 12. The summed E-state index contributed by atoms with van der Waals surface area (Å²) in [5, 5.41) is 39.0. The van der Waals surface area contributed by atoms with Crippen LogP contribution < -0.4 is 0 Å². The maximum Gasteiger partial charge on any atom is 0.247 e. The summed E-state index contributed by atoms with van der Waals surface area (Å²) in [6.07, 6.45) is 16.2. The Morgan fingerprint density at radius 3 is 1.91 bits per heavy atom. The minimum atomic E-state index is -3.29. The van der Waals surface area contributed by atoms with Crippen molar-refractivity contribution in [3.05, 3.63) is 12.2 Å². The Kier molecular flexibility index (Phi) is 18.7. The van der Waals surface area contributed by atoms with E-state index in [0.29, 0.717) is 6.61 Å². The van der Waals surface area contributed by atoms with Crippen LogP contribution in [-0.4, -0.2) is 68.4 Å². The highest BCUT2D eigenvalue weighted by Crippen LogP contribution is 2.59. The fraction of sp³-hybridized carbons (Fsp3) is 0.917. The quantitative estimate of drug-likeness (QED) is 0.0840. The lowest BCUT2D eigenvalue weighted by Gasteiger charge is -2.40. The van der Waals surface area contributed by atoms with Crippen LogP contribution in [0.5, 0.6) is 0 Å². The Balaban J connectivity index is 2.02. The Bertz CT molecular complexity index is 580. The molecule has 10 heteroatoms. The van der Waals surface area contributed by atoms with E-state index in [4.69, 9.17) is 21.1 Å². The highest BCUT2D eigenvalue weighted by molar-refractivity contribution is 8.67. The van der Waals surface area contributed by atoms with Crippen LogP contribution in [0.2, 0.25) is 0 Å². The molecule has 7 nitrogen and oxygen atoms in total. The van der Waals surface area contributed by atoms with Gasteiger partial charge in [0.05, 0.1) is 13.2 Å². The lowest BCUT2D eigenvalue weighted by atomic mass is 10.0. The van der Waals surface area contributed by atoms with Gasteiger partial charge in [0.1, 0.15) is 29.9 Å². The average molecular weight is 543 g/mol. The Morgan fingerprint density at radius 2 is 1.35 bits per heavy atom. The number of rotatable bonds is 20. The molecule has 0 radical (unpaired) electrons. The molecule has 5 N–H and O–H groups in total. The molecule has 0 aromatic rings. The second-order valence-electron chi connectivity index (χ2n) is 9.04. The summed E-state index contributed by atoms with van der Waals surface area (Å²) in [6, 6.07) is 0. The van der Waals surface area contributed by atoms with Gasteiger partial charge in [0.2, 0.25) is 5.69 Å². The van der Waals surface area contributed by atoms with Crippen LogP contribution in [0.4, 0.5) is 0 Å². The highest BCUT2D eigenvalue weighted by atomic mass is 32.9. The molecule has 6 atom stereocenters. The molecule has 0 saturated carbocycles. The number of allylic oxidation sites excluding steroid dienone is 2. The Hall–Kier alpha value is 0.460. The molecular formula is C24H47O7PS2. The van der Waals surface area contributed by atoms with Crippen LogP contribution >= 0.6 is 17.1 Å². The number of aliphatic hydroxyl groups is 4. The lowest BCUT2D eigenvalue weighted by molar-refractivity contribution is -0.205. The van der Waals surface area contributed by atoms with Gasteiger partial charge < -0.3 is 34.6 Å². The van der Waals surface area contributed by atoms with Crippen LogP contribution in [0.15, 0.2) is 12.2 Å². The van der Waals surface area contributed by atoms with E-state index in [1.54, 1.807) is 0 Å². The van der Waals surface area contributed by atoms with Crippen molar-refractivity contribution in [2.24, 2.45) is 0 Å². The summed E-state index contributed by atoms with van der Waals surface area (Å²) in [6.45, 7) is 2.05. The van der Waals surface area contributed by atoms with E-state index in [1.807, 2.05) is 0 Å². The zero-order valence-electron chi connectivity index (χ0n) is 20.7. The minimum Gasteiger partial charge on any atom is -0.394 e. The molecule has 1 unspecified atom stereocenters. The van der Waals surface area contributed by atoms with Gasteiger partial charge >= 0.3 is 0 Å². The summed E-state index contributed by atoms with van der Waals surface area (Å²) < 4.78 is 10.8. The van der Waals surface area contributed by atoms with Gasteiger partial charge in [0, 0.05) is 0 Å². The molecule has 0 aromatic carbocycles. The first kappa shape index (κ1) is 32.5. The van der Waals surface area contributed by atoms with Gasteiger partial charge in [-0.3, -0.25) is 0 Å². The van der Waals surface area contributed by atoms with Crippen molar-refractivity contribution in [1.82, 2.24) is 0 Å². The number of aliphatic hydroxyl groups excluding tert-OH is 4. The molecule has 34 heavy (non-hydrogen) atoms. The van der Waals surface area contributed by atoms with Gasteiger partial charge in [0.15, 0.2) is 0 Å². The van der Waals surface area contributed by atoms with Crippen molar-refractivity contribution in [2.45, 2.75) is 127 Å². The van der Waals surface area contributed by atoms with Crippen molar-refractivity contribution in [3.63, 3.8) is 0 Å². The van der Waals surface area contributed by atoms with Crippen LogP contribution in [0.3, 0.4) is 0 Å². The van der Waals surface area contributed by atoms with Crippen molar-refractivity contribution < 1.29 is 34.6 Å². The number of hydrogen-bond donors (Lipinski definition) is 5. The largest absolute Gasteiger partial charge is 0.394 e. The molecule has 1 rings (SSSR count). The standard InChI is InChI=1S/C24H47O7PS2/c1-2-3-4-5-6-7-8-9-10-11-12-13-14-15-16-17-18-30-32(29,33)34-24-23(28)22(27)21(26)20(19-25)31-24/h9-10,20-28H,2-8,11-19H2,1H3,(H,29,33)/b10-9-/t20-,21-,22+,23+,24+,32?/m1/s1. The zero-order valence-corrected chi connectivity index (χ0v) is 23.2. The van der Waals surface area contributed by atoms with E-state index in [1.165, 1.54) is 64.2 Å². The third-order valence-electron chi connectivity index (χ3n) is 6.00. The van der Waals surface area contributed by atoms with Gasteiger partial charge in [-0.2, -0.15) is 0 Å². The van der Waals surface area contributed by atoms with Gasteiger partial charge in [-0.05, 0) is 55.3 Å². The molecule has 0 bridgehead atoms. The fourth-order valence-electron chi connectivity index (χ4n) is 3.85. The van der Waals surface area contributed by atoms with Gasteiger partial charge in [0.25, 0.3) is 0 Å². The van der Waals surface area contributed by atoms with Gasteiger partial charge in [-0.1, -0.05) is 76.9 Å². The maximum atomic E-state index is 10.4. The predicted octanol–water partition coefficient (Wildman–Crippen LogP) is 4.79. The van der Waals surface area contributed by atoms with Crippen molar-refractivity contribution in [1.29, 1.82) is 0 Å². The summed E-state index contributed by atoms with van der Waals surface area (Å²) in [5.41, 5.74) is -4.37. The summed E-state index contributed by atoms with van der Waals surface area (Å²) in [4.78, 5) is 10.4. The van der Waals surface area contributed by atoms with Crippen LogP contribution in [0.1, 0.15) is 96.8 Å². The molecule has 1 fully saturated rings. The molecule has 1 heterocycles. The zero-order chi connectivity index (χ0) is 25.2. The normalized spacial score (nSPS) is 27.3. The first-order valence-electron chi connectivity index (χ1n) is 12.9. The van der Waals surface area contributed by atoms with Crippen molar-refractivity contribution in [2.75, 3.05) is 13.2 Å². The SMILES string of the molecule is CCCCCCCC/C=C\CCCCCCCCOP(O)(=S)S[C@@H]1O[C@H](CO)[C@@H](O)[C@H](O)[C@@H]1O. The predicted molar refractivity (Wildman–Crippen MR) is 143 cm³/mol. The van der Waals surface area contributed by atoms with Crippen molar-refractivity contribution in [3.8, 4) is 0 Å². The third kappa shape index (κ3) is 14.3. The van der Waals surface area contributed by atoms with Gasteiger partial charge in [-0.25, -0.2) is 0 Å². The second-order valence-corrected chi connectivity index (χ2v) is 15.2. The molecule has 1 aliphatic heterocycles. The molecule has 0 aromatic heterocycles. The molecule has 0 amide bonds. The molecule has 1 aliphatic rings. The molecule has 0 spiro atoms. The maximum absolute atomic E-state index is 10.4. The van der Waals surface area contributed by atoms with E-state index in [-0.39, 0.29) is 0 Å².